The minimum Gasteiger partial charge on any atom is -0.379 e. The molecule has 1 aliphatic heterocycles. The van der Waals surface area contributed by atoms with E-state index in [4.69, 9.17) is 4.74 Å². The minimum atomic E-state index is -1.51. The van der Waals surface area contributed by atoms with Crippen molar-refractivity contribution in [2.24, 2.45) is 0 Å². The van der Waals surface area contributed by atoms with Crippen LogP contribution in [0.5, 0.6) is 0 Å². The number of pyridine rings is 1. The Balaban J connectivity index is 2.09. The Labute approximate surface area is 114 Å². The Morgan fingerprint density at radius 2 is 2.26 bits per heavy atom. The van der Waals surface area contributed by atoms with Crippen molar-refractivity contribution in [3.05, 3.63) is 23.8 Å². The zero-order valence-electron chi connectivity index (χ0n) is 11.6. The van der Waals surface area contributed by atoms with Crippen molar-refractivity contribution < 1.29 is 9.13 Å². The lowest BCUT2D eigenvalue weighted by molar-refractivity contribution is 0.195. The zero-order chi connectivity index (χ0) is 13.9. The SMILES string of the molecule is C[Si](C)(C)C#Cc1ncc(N[C@@H]2CCOC2)cc1F. The first-order valence-electron chi connectivity index (χ1n) is 6.47. The van der Waals surface area contributed by atoms with Gasteiger partial charge in [-0.25, -0.2) is 9.37 Å². The van der Waals surface area contributed by atoms with Gasteiger partial charge in [-0.1, -0.05) is 25.6 Å². The highest BCUT2D eigenvalue weighted by Gasteiger charge is 2.16. The van der Waals surface area contributed by atoms with Crippen LogP contribution in [-0.2, 0) is 4.74 Å². The number of halogens is 1. The summed E-state index contributed by atoms with van der Waals surface area (Å²) in [6.45, 7) is 7.78. The fourth-order valence-electron chi connectivity index (χ4n) is 1.74. The molecule has 1 aromatic rings. The molecule has 2 rings (SSSR count). The van der Waals surface area contributed by atoms with Gasteiger partial charge in [0.05, 0.1) is 24.5 Å². The van der Waals surface area contributed by atoms with Crippen LogP contribution in [0.25, 0.3) is 0 Å². The maximum Gasteiger partial charge on any atom is 0.159 e. The Morgan fingerprint density at radius 3 is 2.84 bits per heavy atom. The predicted octanol–water partition coefficient (Wildman–Crippen LogP) is 2.65. The van der Waals surface area contributed by atoms with Crippen LogP contribution in [0.4, 0.5) is 10.1 Å². The van der Waals surface area contributed by atoms with E-state index in [-0.39, 0.29) is 17.6 Å². The monoisotopic (exact) mass is 278 g/mol. The second-order valence-corrected chi connectivity index (χ2v) is 10.5. The molecule has 0 amide bonds. The van der Waals surface area contributed by atoms with E-state index in [1.165, 1.54) is 6.07 Å². The molecule has 1 aliphatic rings. The summed E-state index contributed by atoms with van der Waals surface area (Å²) >= 11 is 0. The van der Waals surface area contributed by atoms with Gasteiger partial charge in [-0.2, -0.15) is 0 Å². The average molecular weight is 278 g/mol. The Hall–Kier alpha value is -1.38. The van der Waals surface area contributed by atoms with E-state index >= 15 is 0 Å². The van der Waals surface area contributed by atoms with Crippen LogP contribution in [0.1, 0.15) is 12.1 Å². The van der Waals surface area contributed by atoms with E-state index in [0.717, 1.165) is 13.0 Å². The molecule has 0 aliphatic carbocycles. The van der Waals surface area contributed by atoms with Crippen molar-refractivity contribution in [3.8, 4) is 11.5 Å². The van der Waals surface area contributed by atoms with Crippen molar-refractivity contribution in [3.63, 3.8) is 0 Å². The zero-order valence-corrected chi connectivity index (χ0v) is 12.6. The van der Waals surface area contributed by atoms with Crippen LogP contribution in [-0.4, -0.2) is 32.3 Å². The molecule has 0 bridgehead atoms. The summed E-state index contributed by atoms with van der Waals surface area (Å²) in [6.07, 6.45) is 2.58. The van der Waals surface area contributed by atoms with Crippen molar-refractivity contribution >= 4 is 13.8 Å². The average Bonchev–Trinajstić information content (AvgIpc) is 2.79. The molecule has 0 unspecified atom stereocenters. The third-order valence-electron chi connectivity index (χ3n) is 2.70. The lowest BCUT2D eigenvalue weighted by Gasteiger charge is -2.11. The van der Waals surface area contributed by atoms with Crippen molar-refractivity contribution in [1.29, 1.82) is 0 Å². The molecular weight excluding hydrogens is 259 g/mol. The molecule has 0 radical (unpaired) electrons. The summed E-state index contributed by atoms with van der Waals surface area (Å²) in [5.74, 6) is 2.48. The molecular formula is C14H19FN2OSi. The van der Waals surface area contributed by atoms with E-state index in [1.54, 1.807) is 6.20 Å². The summed E-state index contributed by atoms with van der Waals surface area (Å²) in [7, 11) is -1.51. The first kappa shape index (κ1) is 14.0. The van der Waals surface area contributed by atoms with Gasteiger partial charge in [-0.15, -0.1) is 5.54 Å². The molecule has 1 N–H and O–H groups in total. The second kappa shape index (κ2) is 5.72. The summed E-state index contributed by atoms with van der Waals surface area (Å²) in [6, 6.07) is 1.71. The minimum absolute atomic E-state index is 0.232. The highest BCUT2D eigenvalue weighted by molar-refractivity contribution is 6.83. The standard InChI is InChI=1S/C14H19FN2OSi/c1-19(2,3)7-5-14-13(15)8-12(9-16-14)17-11-4-6-18-10-11/h8-9,11,17H,4,6,10H2,1-3H3/t11-/m1/s1. The van der Waals surface area contributed by atoms with Crippen molar-refractivity contribution in [2.75, 3.05) is 18.5 Å². The number of nitrogens with one attached hydrogen (secondary N) is 1. The highest BCUT2D eigenvalue weighted by Crippen LogP contribution is 2.15. The summed E-state index contributed by atoms with van der Waals surface area (Å²) in [5.41, 5.74) is 4.04. The number of anilines is 1. The van der Waals surface area contributed by atoms with Gasteiger partial charge in [-0.3, -0.25) is 0 Å². The summed E-state index contributed by atoms with van der Waals surface area (Å²) < 4.78 is 19.1. The van der Waals surface area contributed by atoms with Crippen LogP contribution in [0.3, 0.4) is 0 Å². The molecule has 19 heavy (non-hydrogen) atoms. The van der Waals surface area contributed by atoms with Gasteiger partial charge in [-0.05, 0) is 6.42 Å². The third kappa shape index (κ3) is 4.34. The third-order valence-corrected chi connectivity index (χ3v) is 3.57. The van der Waals surface area contributed by atoms with Crippen LogP contribution >= 0.6 is 0 Å². The van der Waals surface area contributed by atoms with E-state index in [9.17, 15) is 4.39 Å². The molecule has 3 nitrogen and oxygen atoms in total. The second-order valence-electron chi connectivity index (χ2n) is 5.76. The van der Waals surface area contributed by atoms with Crippen LogP contribution in [0.2, 0.25) is 19.6 Å². The van der Waals surface area contributed by atoms with Gasteiger partial charge in [0.1, 0.15) is 13.8 Å². The smallest absolute Gasteiger partial charge is 0.159 e. The molecule has 0 aromatic carbocycles. The summed E-state index contributed by atoms with van der Waals surface area (Å²) in [4.78, 5) is 4.09. The number of aromatic nitrogens is 1. The predicted molar refractivity (Wildman–Crippen MR) is 77.3 cm³/mol. The van der Waals surface area contributed by atoms with Gasteiger partial charge in [0.2, 0.25) is 0 Å². The van der Waals surface area contributed by atoms with E-state index in [2.05, 4.69) is 41.4 Å². The first-order chi connectivity index (χ1) is 8.94. The lowest BCUT2D eigenvalue weighted by Crippen LogP contribution is -2.19. The molecule has 0 spiro atoms. The van der Waals surface area contributed by atoms with Crippen LogP contribution in [0.15, 0.2) is 12.3 Å². The molecule has 5 heteroatoms. The summed E-state index contributed by atoms with van der Waals surface area (Å²) in [5, 5.41) is 3.21. The molecule has 1 fully saturated rings. The Kier molecular flexibility index (Phi) is 4.23. The fourth-order valence-corrected chi connectivity index (χ4v) is 2.23. The maximum atomic E-state index is 13.9. The van der Waals surface area contributed by atoms with Gasteiger partial charge in [0.15, 0.2) is 5.82 Å². The Morgan fingerprint density at radius 1 is 1.47 bits per heavy atom. The number of hydrogen-bond donors (Lipinski definition) is 1. The number of ether oxygens (including phenoxy) is 1. The molecule has 0 saturated carbocycles. The van der Waals surface area contributed by atoms with Crippen molar-refractivity contribution in [2.45, 2.75) is 32.1 Å². The molecule has 102 valence electrons. The molecule has 1 atom stereocenters. The number of hydrogen-bond acceptors (Lipinski definition) is 3. The Bertz CT molecular complexity index is 510. The number of rotatable bonds is 2. The van der Waals surface area contributed by atoms with Gasteiger partial charge < -0.3 is 10.1 Å². The van der Waals surface area contributed by atoms with E-state index in [0.29, 0.717) is 12.3 Å². The molecule has 1 aromatic heterocycles. The molecule has 2 heterocycles. The maximum absolute atomic E-state index is 13.9. The van der Waals surface area contributed by atoms with E-state index < -0.39 is 8.07 Å². The normalized spacial score (nSPS) is 18.8. The van der Waals surface area contributed by atoms with Gasteiger partial charge in [0, 0.05) is 12.7 Å². The highest BCUT2D eigenvalue weighted by atomic mass is 28.3. The number of nitrogens with zero attached hydrogens (tertiary/aromatic N) is 1. The van der Waals surface area contributed by atoms with Crippen LogP contribution in [0, 0.1) is 17.3 Å². The van der Waals surface area contributed by atoms with Crippen LogP contribution < -0.4 is 5.32 Å². The van der Waals surface area contributed by atoms with Crippen molar-refractivity contribution in [1.82, 2.24) is 4.98 Å². The topological polar surface area (TPSA) is 34.2 Å². The lowest BCUT2D eigenvalue weighted by atomic mass is 10.2. The first-order valence-corrected chi connectivity index (χ1v) is 9.97. The van der Waals surface area contributed by atoms with E-state index in [1.807, 2.05) is 0 Å². The van der Waals surface area contributed by atoms with Gasteiger partial charge in [0.25, 0.3) is 0 Å². The molecule has 1 saturated heterocycles. The quantitative estimate of drug-likeness (QED) is 0.667. The van der Waals surface area contributed by atoms with Gasteiger partial charge >= 0.3 is 0 Å². The largest absolute Gasteiger partial charge is 0.379 e. The fraction of sp³-hybridized carbons (Fsp3) is 0.500.